The normalized spacial score (nSPS) is 17.3. The van der Waals surface area contributed by atoms with Crippen molar-refractivity contribution in [3.8, 4) is 5.69 Å². The Hall–Kier alpha value is -2.07. The van der Waals surface area contributed by atoms with E-state index in [0.717, 1.165) is 26.1 Å². The molecule has 3 heterocycles. The lowest BCUT2D eigenvalue weighted by molar-refractivity contribution is 0.0159. The summed E-state index contributed by atoms with van der Waals surface area (Å²) in [5.41, 5.74) is 1.28. The second kappa shape index (κ2) is 8.46. The van der Waals surface area contributed by atoms with Gasteiger partial charge in [0.2, 0.25) is 0 Å². The molecular formula is C22H25ClIN5O2. The zero-order chi connectivity index (χ0) is 22.3. The van der Waals surface area contributed by atoms with Crippen LogP contribution in [0.4, 0.5) is 10.6 Å². The smallest absolute Gasteiger partial charge is 0.410 e. The van der Waals surface area contributed by atoms with Crippen molar-refractivity contribution in [2.45, 2.75) is 39.3 Å². The molecule has 1 fully saturated rings. The van der Waals surface area contributed by atoms with E-state index in [-0.39, 0.29) is 12.1 Å². The van der Waals surface area contributed by atoms with Crippen molar-refractivity contribution in [1.29, 1.82) is 0 Å². The molecule has 4 rings (SSSR count). The van der Waals surface area contributed by atoms with Crippen LogP contribution in [0.5, 0.6) is 0 Å². The zero-order valence-corrected chi connectivity index (χ0v) is 20.9. The molecule has 9 heteroatoms. The molecule has 3 aromatic rings. The van der Waals surface area contributed by atoms with E-state index in [4.69, 9.17) is 16.3 Å². The van der Waals surface area contributed by atoms with E-state index in [0.29, 0.717) is 24.7 Å². The molecule has 0 aliphatic carbocycles. The number of halogens is 2. The Bertz CT molecular complexity index is 1130. The minimum Gasteiger partial charge on any atom is -0.444 e. The summed E-state index contributed by atoms with van der Waals surface area (Å²) in [7, 11) is 0. The summed E-state index contributed by atoms with van der Waals surface area (Å²) < 4.78 is 8.66. The standard InChI is InChI=1S/C22H25ClIN5O2/c1-14-11-27(8-9-28(14)21(30)31-22(2,3)4)19-18-17(24)12-29(20(18)26-13-25-19)16-7-5-6-15(23)10-16/h5-7,10,12-14H,8-9,11H2,1-4H3/t14-/m1/s1. The number of carbonyl (C=O) groups excluding carboxylic acids is 1. The number of anilines is 1. The van der Waals surface area contributed by atoms with Crippen LogP contribution in [0, 0.1) is 3.57 Å². The van der Waals surface area contributed by atoms with Crippen LogP contribution in [0.2, 0.25) is 5.02 Å². The molecule has 1 atom stereocenters. The van der Waals surface area contributed by atoms with Crippen molar-refractivity contribution in [2.24, 2.45) is 0 Å². The second-order valence-corrected chi connectivity index (χ2v) is 10.3. The quantitative estimate of drug-likeness (QED) is 0.412. The maximum atomic E-state index is 12.6. The van der Waals surface area contributed by atoms with Crippen LogP contribution in [0.3, 0.4) is 0 Å². The van der Waals surface area contributed by atoms with Crippen molar-refractivity contribution in [1.82, 2.24) is 19.4 Å². The number of amides is 1. The van der Waals surface area contributed by atoms with Crippen LogP contribution >= 0.6 is 34.2 Å². The molecule has 1 aromatic carbocycles. The Kier molecular flexibility index (Phi) is 6.04. The van der Waals surface area contributed by atoms with E-state index >= 15 is 0 Å². The Morgan fingerprint density at radius 2 is 2.03 bits per heavy atom. The molecule has 2 aromatic heterocycles. The highest BCUT2D eigenvalue weighted by Crippen LogP contribution is 2.33. The molecule has 1 aliphatic rings. The first kappa shape index (κ1) is 22.1. The van der Waals surface area contributed by atoms with Gasteiger partial charge in [-0.05, 0) is 68.5 Å². The monoisotopic (exact) mass is 553 g/mol. The predicted octanol–water partition coefficient (Wildman–Crippen LogP) is 5.12. The van der Waals surface area contributed by atoms with E-state index in [1.807, 2.05) is 56.5 Å². The number of hydrogen-bond acceptors (Lipinski definition) is 5. The minimum atomic E-state index is -0.508. The predicted molar refractivity (Wildman–Crippen MR) is 131 cm³/mol. The van der Waals surface area contributed by atoms with E-state index < -0.39 is 5.60 Å². The van der Waals surface area contributed by atoms with Gasteiger partial charge >= 0.3 is 6.09 Å². The average Bonchev–Trinajstić information content (AvgIpc) is 3.03. The first-order chi connectivity index (χ1) is 14.6. The van der Waals surface area contributed by atoms with Gasteiger partial charge in [-0.1, -0.05) is 17.7 Å². The number of hydrogen-bond donors (Lipinski definition) is 0. The largest absolute Gasteiger partial charge is 0.444 e. The van der Waals surface area contributed by atoms with E-state index in [2.05, 4.69) is 43.7 Å². The summed E-state index contributed by atoms with van der Waals surface area (Å²) in [6.07, 6.45) is 3.38. The molecule has 164 valence electrons. The van der Waals surface area contributed by atoms with Gasteiger partial charge in [0.15, 0.2) is 5.65 Å². The third-order valence-corrected chi connectivity index (χ3v) is 6.21. The van der Waals surface area contributed by atoms with Crippen molar-refractivity contribution >= 4 is 57.1 Å². The minimum absolute atomic E-state index is 0.00120. The lowest BCUT2D eigenvalue weighted by atomic mass is 10.2. The van der Waals surface area contributed by atoms with Gasteiger partial charge in [0, 0.05) is 46.2 Å². The first-order valence-corrected chi connectivity index (χ1v) is 11.6. The molecule has 0 bridgehead atoms. The fourth-order valence-corrected chi connectivity index (χ4v) is 4.75. The lowest BCUT2D eigenvalue weighted by Crippen LogP contribution is -2.55. The average molecular weight is 554 g/mol. The van der Waals surface area contributed by atoms with Crippen molar-refractivity contribution < 1.29 is 9.53 Å². The van der Waals surface area contributed by atoms with Gasteiger partial charge in [0.1, 0.15) is 17.7 Å². The molecule has 1 aliphatic heterocycles. The summed E-state index contributed by atoms with van der Waals surface area (Å²) in [6, 6.07) is 7.70. The maximum absolute atomic E-state index is 12.6. The van der Waals surface area contributed by atoms with Crippen LogP contribution in [0.25, 0.3) is 16.7 Å². The van der Waals surface area contributed by atoms with Gasteiger partial charge in [0.05, 0.1) is 5.39 Å². The zero-order valence-electron chi connectivity index (χ0n) is 18.0. The number of ether oxygens (including phenoxy) is 1. The van der Waals surface area contributed by atoms with Crippen LogP contribution in [0.15, 0.2) is 36.8 Å². The Morgan fingerprint density at radius 3 is 2.71 bits per heavy atom. The summed E-state index contributed by atoms with van der Waals surface area (Å²) in [5, 5.41) is 1.68. The third-order valence-electron chi connectivity index (χ3n) is 5.16. The van der Waals surface area contributed by atoms with Gasteiger partial charge in [-0.15, -0.1) is 0 Å². The first-order valence-electron chi connectivity index (χ1n) is 10.2. The Balaban J connectivity index is 1.63. The summed E-state index contributed by atoms with van der Waals surface area (Å²) in [5.74, 6) is 0.880. The SMILES string of the molecule is C[C@@H]1CN(c2ncnc3c2c(I)cn3-c2cccc(Cl)c2)CCN1C(=O)OC(C)(C)C. The Morgan fingerprint density at radius 1 is 1.26 bits per heavy atom. The van der Waals surface area contributed by atoms with Crippen LogP contribution < -0.4 is 4.90 Å². The van der Waals surface area contributed by atoms with E-state index in [9.17, 15) is 4.79 Å². The van der Waals surface area contributed by atoms with Crippen molar-refractivity contribution in [3.63, 3.8) is 0 Å². The Labute approximate surface area is 200 Å². The van der Waals surface area contributed by atoms with Crippen LogP contribution in [-0.4, -0.2) is 56.8 Å². The molecule has 1 amide bonds. The highest BCUT2D eigenvalue weighted by Gasteiger charge is 2.32. The number of piperazine rings is 1. The van der Waals surface area contributed by atoms with E-state index in [1.54, 1.807) is 11.2 Å². The van der Waals surface area contributed by atoms with E-state index in [1.165, 1.54) is 0 Å². The number of carbonyl (C=O) groups is 1. The molecule has 1 saturated heterocycles. The van der Waals surface area contributed by atoms with Gasteiger partial charge < -0.3 is 19.1 Å². The maximum Gasteiger partial charge on any atom is 0.410 e. The number of rotatable bonds is 2. The van der Waals surface area contributed by atoms with Gasteiger partial charge in [-0.2, -0.15) is 0 Å². The molecular weight excluding hydrogens is 529 g/mol. The number of aromatic nitrogens is 3. The molecule has 0 N–H and O–H groups in total. The van der Waals surface area contributed by atoms with Crippen LogP contribution in [-0.2, 0) is 4.74 Å². The van der Waals surface area contributed by atoms with Crippen LogP contribution in [0.1, 0.15) is 27.7 Å². The highest BCUT2D eigenvalue weighted by molar-refractivity contribution is 14.1. The lowest BCUT2D eigenvalue weighted by Gasteiger charge is -2.40. The molecule has 0 radical (unpaired) electrons. The fraction of sp³-hybridized carbons (Fsp3) is 0.409. The third kappa shape index (κ3) is 4.59. The summed E-state index contributed by atoms with van der Waals surface area (Å²) >= 11 is 8.53. The summed E-state index contributed by atoms with van der Waals surface area (Å²) in [4.78, 5) is 25.8. The van der Waals surface area contributed by atoms with Gasteiger partial charge in [0.25, 0.3) is 0 Å². The number of benzene rings is 1. The fourth-order valence-electron chi connectivity index (χ4n) is 3.81. The van der Waals surface area contributed by atoms with Gasteiger partial charge in [-0.25, -0.2) is 14.8 Å². The molecule has 0 unspecified atom stereocenters. The summed E-state index contributed by atoms with van der Waals surface area (Å²) in [6.45, 7) is 9.61. The molecule has 31 heavy (non-hydrogen) atoms. The molecule has 0 saturated carbocycles. The number of nitrogens with zero attached hydrogens (tertiary/aromatic N) is 5. The topological polar surface area (TPSA) is 63.5 Å². The molecule has 0 spiro atoms. The highest BCUT2D eigenvalue weighted by atomic mass is 127. The second-order valence-electron chi connectivity index (χ2n) is 8.69. The molecule has 7 nitrogen and oxygen atoms in total. The number of fused-ring (bicyclic) bond motifs is 1. The van der Waals surface area contributed by atoms with Gasteiger partial charge in [-0.3, -0.25) is 0 Å². The van der Waals surface area contributed by atoms with Crippen molar-refractivity contribution in [2.75, 3.05) is 24.5 Å². The van der Waals surface area contributed by atoms with Crippen molar-refractivity contribution in [3.05, 3.63) is 45.4 Å².